The number of pyridine rings is 1. The molecule has 1 N–H and O–H groups in total. The third-order valence-corrected chi connectivity index (χ3v) is 4.20. The van der Waals surface area contributed by atoms with Gasteiger partial charge in [0.1, 0.15) is 11.9 Å². The Bertz CT molecular complexity index is 780. The molecule has 0 saturated heterocycles. The fourth-order valence-electron chi connectivity index (χ4n) is 1.48. The van der Waals surface area contributed by atoms with Gasteiger partial charge in [0, 0.05) is 6.20 Å². The van der Waals surface area contributed by atoms with Gasteiger partial charge in [-0.3, -0.25) is 4.72 Å². The van der Waals surface area contributed by atoms with Gasteiger partial charge in [0.15, 0.2) is 0 Å². The van der Waals surface area contributed by atoms with Gasteiger partial charge in [-0.2, -0.15) is 5.26 Å². The molecule has 0 fully saturated rings. The van der Waals surface area contributed by atoms with Crippen LogP contribution in [0.4, 0.5) is 5.82 Å². The van der Waals surface area contributed by atoms with Crippen molar-refractivity contribution < 1.29 is 8.42 Å². The lowest BCUT2D eigenvalue weighted by Crippen LogP contribution is -2.14. The number of hydrogen-bond acceptors (Lipinski definition) is 4. The van der Waals surface area contributed by atoms with Crippen LogP contribution in [-0.4, -0.2) is 13.4 Å². The molecule has 0 bridgehead atoms. The maximum Gasteiger partial charge on any atom is 0.263 e. The van der Waals surface area contributed by atoms with Crippen LogP contribution in [0.3, 0.4) is 0 Å². The van der Waals surface area contributed by atoms with Gasteiger partial charge in [-0.05, 0) is 36.8 Å². The summed E-state index contributed by atoms with van der Waals surface area (Å²) >= 11 is 5.77. The van der Waals surface area contributed by atoms with Crippen molar-refractivity contribution in [1.29, 1.82) is 5.26 Å². The van der Waals surface area contributed by atoms with Gasteiger partial charge in [-0.25, -0.2) is 13.4 Å². The molecule has 0 aliphatic rings. The van der Waals surface area contributed by atoms with E-state index >= 15 is 0 Å². The Hall–Kier alpha value is -2.10. The zero-order valence-corrected chi connectivity index (χ0v) is 12.0. The van der Waals surface area contributed by atoms with E-state index in [4.69, 9.17) is 16.9 Å². The maximum absolute atomic E-state index is 12.2. The first-order valence-electron chi connectivity index (χ1n) is 5.57. The fraction of sp³-hybridized carbons (Fsp3) is 0.0769. The standard InChI is InChI=1S/C13H10ClN3O2S/c1-9-2-5-13(16-8-9)17-20(18,19)11-3-4-12(14)10(6-11)7-15/h2-6,8H,1H3,(H,16,17). The molecule has 1 aromatic heterocycles. The quantitative estimate of drug-likeness (QED) is 0.945. The minimum absolute atomic E-state index is 0.0409. The van der Waals surface area contributed by atoms with Gasteiger partial charge < -0.3 is 0 Å². The molecule has 7 heteroatoms. The van der Waals surface area contributed by atoms with Crippen molar-refractivity contribution in [3.05, 3.63) is 52.7 Å². The minimum atomic E-state index is -3.80. The molecule has 0 unspecified atom stereocenters. The summed E-state index contributed by atoms with van der Waals surface area (Å²) in [6.45, 7) is 1.85. The average Bonchev–Trinajstić information content (AvgIpc) is 2.41. The van der Waals surface area contributed by atoms with Gasteiger partial charge in [-0.1, -0.05) is 17.7 Å². The van der Waals surface area contributed by atoms with Crippen LogP contribution >= 0.6 is 11.6 Å². The lowest BCUT2D eigenvalue weighted by Gasteiger charge is -2.08. The Morgan fingerprint density at radius 2 is 2.05 bits per heavy atom. The third kappa shape index (κ3) is 3.07. The molecule has 0 saturated carbocycles. The Morgan fingerprint density at radius 3 is 2.65 bits per heavy atom. The molecule has 2 aromatic rings. The van der Waals surface area contributed by atoms with E-state index in [1.54, 1.807) is 18.3 Å². The van der Waals surface area contributed by atoms with Crippen molar-refractivity contribution >= 4 is 27.4 Å². The van der Waals surface area contributed by atoms with Crippen LogP contribution in [0.5, 0.6) is 0 Å². The van der Waals surface area contributed by atoms with Gasteiger partial charge in [0.25, 0.3) is 10.0 Å². The highest BCUT2D eigenvalue weighted by atomic mass is 35.5. The van der Waals surface area contributed by atoms with E-state index in [2.05, 4.69) is 9.71 Å². The molecule has 0 spiro atoms. The second-order valence-electron chi connectivity index (χ2n) is 4.08. The Labute approximate surface area is 121 Å². The number of nitriles is 1. The zero-order chi connectivity index (χ0) is 14.8. The number of rotatable bonds is 3. The molecule has 20 heavy (non-hydrogen) atoms. The molecule has 0 radical (unpaired) electrons. The van der Waals surface area contributed by atoms with Gasteiger partial charge in [-0.15, -0.1) is 0 Å². The largest absolute Gasteiger partial charge is 0.263 e. The number of hydrogen-bond donors (Lipinski definition) is 1. The van der Waals surface area contributed by atoms with Crippen LogP contribution in [0.2, 0.25) is 5.02 Å². The Balaban J connectivity index is 2.36. The van der Waals surface area contributed by atoms with Crippen molar-refractivity contribution in [1.82, 2.24) is 4.98 Å². The van der Waals surface area contributed by atoms with Crippen LogP contribution in [-0.2, 0) is 10.0 Å². The summed E-state index contributed by atoms with van der Waals surface area (Å²) in [5.74, 6) is 0.212. The molecular weight excluding hydrogens is 298 g/mol. The average molecular weight is 308 g/mol. The molecule has 5 nitrogen and oxygen atoms in total. The van der Waals surface area contributed by atoms with Gasteiger partial charge in [0.2, 0.25) is 0 Å². The lowest BCUT2D eigenvalue weighted by molar-refractivity contribution is 0.601. The van der Waals surface area contributed by atoms with E-state index < -0.39 is 10.0 Å². The highest BCUT2D eigenvalue weighted by molar-refractivity contribution is 7.92. The van der Waals surface area contributed by atoms with E-state index in [0.29, 0.717) is 0 Å². The zero-order valence-electron chi connectivity index (χ0n) is 10.5. The molecule has 2 rings (SSSR count). The number of halogens is 1. The van der Waals surface area contributed by atoms with Crippen LogP contribution in [0, 0.1) is 18.3 Å². The molecule has 0 aliphatic carbocycles. The predicted molar refractivity (Wildman–Crippen MR) is 75.9 cm³/mol. The number of aromatic nitrogens is 1. The number of nitrogens with zero attached hydrogens (tertiary/aromatic N) is 2. The van der Waals surface area contributed by atoms with Crippen molar-refractivity contribution in [2.75, 3.05) is 4.72 Å². The molecule has 102 valence electrons. The monoisotopic (exact) mass is 307 g/mol. The predicted octanol–water partition coefficient (Wildman–Crippen LogP) is 2.72. The number of aryl methyl sites for hydroxylation is 1. The lowest BCUT2D eigenvalue weighted by atomic mass is 10.2. The summed E-state index contributed by atoms with van der Waals surface area (Å²) in [6.07, 6.45) is 1.56. The summed E-state index contributed by atoms with van der Waals surface area (Å²) in [4.78, 5) is 3.93. The van der Waals surface area contributed by atoms with E-state index in [9.17, 15) is 8.42 Å². The number of sulfonamides is 1. The summed E-state index contributed by atoms with van der Waals surface area (Å²) in [5.41, 5.74) is 1.03. The second-order valence-corrected chi connectivity index (χ2v) is 6.17. The smallest absolute Gasteiger partial charge is 0.263 e. The second kappa shape index (κ2) is 5.49. The summed E-state index contributed by atoms with van der Waals surface area (Å²) in [6, 6.07) is 9.07. The summed E-state index contributed by atoms with van der Waals surface area (Å²) < 4.78 is 26.7. The van der Waals surface area contributed by atoms with E-state index in [0.717, 1.165) is 5.56 Å². The number of nitrogens with one attached hydrogen (secondary N) is 1. The first-order chi connectivity index (χ1) is 9.42. The number of anilines is 1. The summed E-state index contributed by atoms with van der Waals surface area (Å²) in [5, 5.41) is 9.08. The minimum Gasteiger partial charge on any atom is -0.263 e. The van der Waals surface area contributed by atoms with Crippen LogP contribution in [0.25, 0.3) is 0 Å². The van der Waals surface area contributed by atoms with Crippen LogP contribution in [0.1, 0.15) is 11.1 Å². The highest BCUT2D eigenvalue weighted by Gasteiger charge is 2.16. The van der Waals surface area contributed by atoms with E-state index in [-0.39, 0.29) is 21.3 Å². The fourth-order valence-corrected chi connectivity index (χ4v) is 2.68. The number of benzene rings is 1. The first kappa shape index (κ1) is 14.3. The molecule has 1 heterocycles. The van der Waals surface area contributed by atoms with Crippen LogP contribution < -0.4 is 4.72 Å². The van der Waals surface area contributed by atoms with E-state index in [1.165, 1.54) is 18.2 Å². The Morgan fingerprint density at radius 1 is 1.30 bits per heavy atom. The third-order valence-electron chi connectivity index (χ3n) is 2.52. The van der Waals surface area contributed by atoms with Crippen LogP contribution in [0.15, 0.2) is 41.4 Å². The van der Waals surface area contributed by atoms with Crippen molar-refractivity contribution in [3.8, 4) is 6.07 Å². The highest BCUT2D eigenvalue weighted by Crippen LogP contribution is 2.21. The summed E-state index contributed by atoms with van der Waals surface area (Å²) in [7, 11) is -3.80. The van der Waals surface area contributed by atoms with Gasteiger partial charge in [0.05, 0.1) is 15.5 Å². The van der Waals surface area contributed by atoms with Gasteiger partial charge >= 0.3 is 0 Å². The van der Waals surface area contributed by atoms with Crippen molar-refractivity contribution in [3.63, 3.8) is 0 Å². The SMILES string of the molecule is Cc1ccc(NS(=O)(=O)c2ccc(Cl)c(C#N)c2)nc1. The molecule has 0 aliphatic heterocycles. The first-order valence-corrected chi connectivity index (χ1v) is 7.43. The Kier molecular flexibility index (Phi) is 3.93. The molecule has 0 atom stereocenters. The molecule has 0 amide bonds. The van der Waals surface area contributed by atoms with E-state index in [1.807, 2.05) is 13.0 Å². The molecular formula is C13H10ClN3O2S. The normalized spacial score (nSPS) is 10.8. The topological polar surface area (TPSA) is 82.9 Å². The van der Waals surface area contributed by atoms with Crippen molar-refractivity contribution in [2.24, 2.45) is 0 Å². The maximum atomic E-state index is 12.2. The molecule has 1 aromatic carbocycles. The van der Waals surface area contributed by atoms with Crippen molar-refractivity contribution in [2.45, 2.75) is 11.8 Å².